The predicted molar refractivity (Wildman–Crippen MR) is 81.1 cm³/mol. The molecule has 8 nitrogen and oxygen atoms in total. The molecule has 2 aromatic rings. The van der Waals surface area contributed by atoms with Crippen molar-refractivity contribution >= 4 is 38.0 Å². The monoisotopic (exact) mass is 331 g/mol. The van der Waals surface area contributed by atoms with Gasteiger partial charge in [0.15, 0.2) is 15.8 Å². The molecule has 0 saturated carbocycles. The van der Waals surface area contributed by atoms with E-state index in [9.17, 15) is 13.2 Å². The van der Waals surface area contributed by atoms with Crippen molar-refractivity contribution in [1.29, 1.82) is 0 Å². The second-order valence-corrected chi connectivity index (χ2v) is 6.79. The predicted octanol–water partition coefficient (Wildman–Crippen LogP) is 0.242. The molecule has 1 amide bonds. The molecule has 0 aliphatic carbocycles. The average Bonchev–Trinajstić information content (AvgIpc) is 2.94. The van der Waals surface area contributed by atoms with Crippen LogP contribution in [0.2, 0.25) is 0 Å². The average molecular weight is 331 g/mol. The topological polar surface area (TPSA) is 105 Å². The van der Waals surface area contributed by atoms with Gasteiger partial charge in [-0.1, -0.05) is 0 Å². The number of hydrogen-bond acceptors (Lipinski definition) is 6. The van der Waals surface area contributed by atoms with Gasteiger partial charge in [-0.05, 0) is 6.92 Å². The Balaban J connectivity index is 2.23. The number of hydrogen-bond donors (Lipinski definition) is 3. The summed E-state index contributed by atoms with van der Waals surface area (Å²) in [6, 6.07) is 0. The number of fused-ring (bicyclic) bond motifs is 1. The van der Waals surface area contributed by atoms with Gasteiger partial charge in [-0.25, -0.2) is 18.1 Å². The minimum atomic E-state index is -3.72. The highest BCUT2D eigenvalue weighted by Crippen LogP contribution is 2.25. The molecule has 3 N–H and O–H groups in total. The Kier molecular flexibility index (Phi) is 4.80. The Morgan fingerprint density at radius 1 is 1.43 bits per heavy atom. The number of thiazole rings is 1. The Hall–Kier alpha value is -1.65. The number of amides is 1. The number of sulfonamides is 1. The summed E-state index contributed by atoms with van der Waals surface area (Å²) >= 11 is 1.36. The van der Waals surface area contributed by atoms with Crippen LogP contribution in [0.25, 0.3) is 4.96 Å². The zero-order chi connectivity index (χ0) is 15.5. The third-order valence-electron chi connectivity index (χ3n) is 2.61. The van der Waals surface area contributed by atoms with Crippen LogP contribution in [-0.4, -0.2) is 43.3 Å². The number of rotatable bonds is 7. The fraction of sp³-hybridized carbons (Fsp3) is 0.455. The van der Waals surface area contributed by atoms with E-state index in [0.717, 1.165) is 0 Å². The molecular weight excluding hydrogens is 314 g/mol. The Bertz CT molecular complexity index is 734. The molecular formula is C11H17N5O3S2. The lowest BCUT2D eigenvalue weighted by Crippen LogP contribution is -2.34. The van der Waals surface area contributed by atoms with E-state index in [1.54, 1.807) is 11.6 Å². The SMILES string of the molecule is CCNc1nc2sccn2c1S(=O)(=O)NCCNC(C)=O. The lowest BCUT2D eigenvalue weighted by atomic mass is 10.6. The minimum absolute atomic E-state index is 0.0865. The van der Waals surface area contributed by atoms with Gasteiger partial charge in [0.25, 0.3) is 10.0 Å². The van der Waals surface area contributed by atoms with Gasteiger partial charge < -0.3 is 10.6 Å². The standard InChI is InChI=1S/C11H17N5O3S2/c1-3-12-9-10(16-6-7-20-11(16)15-9)21(18,19)14-5-4-13-8(2)17/h6-7,12,14H,3-5H2,1-2H3,(H,13,17). The smallest absolute Gasteiger partial charge is 0.260 e. The molecule has 0 unspecified atom stereocenters. The van der Waals surface area contributed by atoms with E-state index in [-0.39, 0.29) is 24.0 Å². The first-order valence-corrected chi connectivity index (χ1v) is 8.75. The normalized spacial score (nSPS) is 11.7. The Labute approximate surface area is 126 Å². The largest absolute Gasteiger partial charge is 0.368 e. The summed E-state index contributed by atoms with van der Waals surface area (Å²) in [5.74, 6) is 0.128. The quantitative estimate of drug-likeness (QED) is 0.631. The summed E-state index contributed by atoms with van der Waals surface area (Å²) in [6.07, 6.45) is 1.66. The highest BCUT2D eigenvalue weighted by atomic mass is 32.2. The Morgan fingerprint density at radius 3 is 2.86 bits per heavy atom. The zero-order valence-electron chi connectivity index (χ0n) is 11.7. The van der Waals surface area contributed by atoms with E-state index < -0.39 is 10.0 Å². The molecule has 116 valence electrons. The summed E-state index contributed by atoms with van der Waals surface area (Å²) in [5.41, 5.74) is 0. The fourth-order valence-electron chi connectivity index (χ4n) is 1.80. The highest BCUT2D eigenvalue weighted by molar-refractivity contribution is 7.89. The maximum atomic E-state index is 12.4. The molecule has 0 spiro atoms. The zero-order valence-corrected chi connectivity index (χ0v) is 13.3. The molecule has 2 heterocycles. The molecule has 2 aromatic heterocycles. The fourth-order valence-corrected chi connectivity index (χ4v) is 3.85. The molecule has 0 fully saturated rings. The molecule has 0 aromatic carbocycles. The van der Waals surface area contributed by atoms with Gasteiger partial charge in [0, 0.05) is 38.1 Å². The van der Waals surface area contributed by atoms with Crippen molar-refractivity contribution in [3.05, 3.63) is 11.6 Å². The van der Waals surface area contributed by atoms with E-state index >= 15 is 0 Å². The van der Waals surface area contributed by atoms with Crippen LogP contribution in [0.1, 0.15) is 13.8 Å². The first-order chi connectivity index (χ1) is 9.95. The Morgan fingerprint density at radius 2 is 2.19 bits per heavy atom. The number of nitrogens with zero attached hydrogens (tertiary/aromatic N) is 2. The van der Waals surface area contributed by atoms with Crippen LogP contribution in [0.5, 0.6) is 0 Å². The second-order valence-electron chi connectivity index (χ2n) is 4.23. The van der Waals surface area contributed by atoms with Gasteiger partial charge in [0.05, 0.1) is 0 Å². The molecule has 0 saturated heterocycles. The van der Waals surface area contributed by atoms with Crippen LogP contribution in [-0.2, 0) is 14.8 Å². The molecule has 21 heavy (non-hydrogen) atoms. The van der Waals surface area contributed by atoms with Crippen LogP contribution >= 0.6 is 11.3 Å². The van der Waals surface area contributed by atoms with Crippen molar-refractivity contribution in [2.24, 2.45) is 0 Å². The lowest BCUT2D eigenvalue weighted by Gasteiger charge is -2.08. The third kappa shape index (κ3) is 3.52. The number of anilines is 1. The van der Waals surface area contributed by atoms with Crippen LogP contribution in [0.15, 0.2) is 16.6 Å². The van der Waals surface area contributed by atoms with Crippen LogP contribution in [0.4, 0.5) is 5.82 Å². The molecule has 0 radical (unpaired) electrons. The molecule has 2 rings (SSSR count). The highest BCUT2D eigenvalue weighted by Gasteiger charge is 2.25. The van der Waals surface area contributed by atoms with Gasteiger partial charge in [-0.3, -0.25) is 9.20 Å². The van der Waals surface area contributed by atoms with Gasteiger partial charge >= 0.3 is 0 Å². The van der Waals surface area contributed by atoms with Crippen molar-refractivity contribution in [3.8, 4) is 0 Å². The number of imidazole rings is 1. The van der Waals surface area contributed by atoms with Crippen molar-refractivity contribution in [3.63, 3.8) is 0 Å². The number of carbonyl (C=O) groups excluding carboxylic acids is 1. The number of aromatic nitrogens is 2. The van der Waals surface area contributed by atoms with Gasteiger partial charge in [-0.2, -0.15) is 0 Å². The summed E-state index contributed by atoms with van der Waals surface area (Å²) in [5, 5.41) is 7.34. The van der Waals surface area contributed by atoms with Crippen molar-refractivity contribution in [2.45, 2.75) is 18.9 Å². The van der Waals surface area contributed by atoms with Crippen LogP contribution < -0.4 is 15.4 Å². The van der Waals surface area contributed by atoms with E-state index in [2.05, 4.69) is 20.3 Å². The van der Waals surface area contributed by atoms with E-state index in [4.69, 9.17) is 0 Å². The maximum absolute atomic E-state index is 12.4. The van der Waals surface area contributed by atoms with E-state index in [1.807, 2.05) is 6.92 Å². The van der Waals surface area contributed by atoms with E-state index in [0.29, 0.717) is 17.3 Å². The first kappa shape index (κ1) is 15.7. The number of nitrogens with one attached hydrogen (secondary N) is 3. The molecule has 10 heteroatoms. The summed E-state index contributed by atoms with van der Waals surface area (Å²) < 4.78 is 28.8. The van der Waals surface area contributed by atoms with Gasteiger partial charge in [0.1, 0.15) is 0 Å². The summed E-state index contributed by atoms with van der Waals surface area (Å²) in [7, 11) is -3.72. The first-order valence-electron chi connectivity index (χ1n) is 6.39. The summed E-state index contributed by atoms with van der Waals surface area (Å²) in [4.78, 5) is 15.6. The van der Waals surface area contributed by atoms with Crippen molar-refractivity contribution < 1.29 is 13.2 Å². The number of carbonyl (C=O) groups is 1. The second kappa shape index (κ2) is 6.41. The molecule has 0 aliphatic heterocycles. The van der Waals surface area contributed by atoms with Crippen molar-refractivity contribution in [1.82, 2.24) is 19.4 Å². The molecule has 0 aliphatic rings. The van der Waals surface area contributed by atoms with Crippen LogP contribution in [0.3, 0.4) is 0 Å². The van der Waals surface area contributed by atoms with Crippen LogP contribution in [0, 0.1) is 0 Å². The van der Waals surface area contributed by atoms with E-state index in [1.165, 1.54) is 22.7 Å². The molecule has 0 bridgehead atoms. The van der Waals surface area contributed by atoms with Gasteiger partial charge in [0.2, 0.25) is 5.91 Å². The lowest BCUT2D eigenvalue weighted by molar-refractivity contribution is -0.118. The third-order valence-corrected chi connectivity index (χ3v) is 4.85. The van der Waals surface area contributed by atoms with Crippen molar-refractivity contribution in [2.75, 3.05) is 25.0 Å². The molecule has 0 atom stereocenters. The minimum Gasteiger partial charge on any atom is -0.368 e. The van der Waals surface area contributed by atoms with Gasteiger partial charge in [-0.15, -0.1) is 11.3 Å². The summed E-state index contributed by atoms with van der Waals surface area (Å²) in [6.45, 7) is 4.17. The maximum Gasteiger partial charge on any atom is 0.260 e.